The molecule has 1 amide bonds. The van der Waals surface area contributed by atoms with Crippen LogP contribution in [0.25, 0.3) is 0 Å². The first-order valence-corrected chi connectivity index (χ1v) is 5.49. The van der Waals surface area contributed by atoms with Crippen molar-refractivity contribution in [1.82, 2.24) is 5.32 Å². The summed E-state index contributed by atoms with van der Waals surface area (Å²) in [4.78, 5) is 11.8. The summed E-state index contributed by atoms with van der Waals surface area (Å²) in [6.07, 6.45) is 0.964. The zero-order chi connectivity index (χ0) is 11.5. The molecular weight excluding hydrogens is 204 g/mol. The molecule has 0 fully saturated rings. The molecule has 86 valence electrons. The summed E-state index contributed by atoms with van der Waals surface area (Å²) >= 11 is 0. The molecule has 0 saturated carbocycles. The van der Waals surface area contributed by atoms with Gasteiger partial charge in [-0.2, -0.15) is 0 Å². The summed E-state index contributed by atoms with van der Waals surface area (Å²) in [5.41, 5.74) is 2.96. The number of amides is 1. The quantitative estimate of drug-likeness (QED) is 0.705. The Bertz CT molecular complexity index is 404. The second-order valence-electron chi connectivity index (χ2n) is 4.11. The Balaban J connectivity index is 2.12. The molecule has 1 aliphatic rings. The minimum absolute atomic E-state index is 0.0434. The summed E-state index contributed by atoms with van der Waals surface area (Å²) in [6, 6.07) is 5.44. The summed E-state index contributed by atoms with van der Waals surface area (Å²) in [7, 11) is 0. The number of hydrogen-bond acceptors (Lipinski definition) is 3. The van der Waals surface area contributed by atoms with Crippen LogP contribution in [0.3, 0.4) is 0 Å². The molecule has 1 aromatic carbocycles. The lowest BCUT2D eigenvalue weighted by Gasteiger charge is -2.11. The van der Waals surface area contributed by atoms with E-state index in [1.165, 1.54) is 5.56 Å². The second kappa shape index (κ2) is 4.53. The van der Waals surface area contributed by atoms with Crippen LogP contribution < -0.4 is 10.6 Å². The van der Waals surface area contributed by atoms with Crippen LogP contribution in [0, 0.1) is 0 Å². The number of hydrogen-bond donors (Lipinski definition) is 3. The molecule has 1 heterocycles. The van der Waals surface area contributed by atoms with Crippen molar-refractivity contribution < 1.29 is 9.90 Å². The maximum atomic E-state index is 11.8. The fourth-order valence-corrected chi connectivity index (χ4v) is 1.80. The van der Waals surface area contributed by atoms with E-state index in [0.29, 0.717) is 5.56 Å². The van der Waals surface area contributed by atoms with E-state index in [1.54, 1.807) is 13.0 Å². The average Bonchev–Trinajstić information content (AvgIpc) is 2.75. The molecule has 0 aliphatic carbocycles. The molecule has 0 spiro atoms. The molecule has 0 bridgehead atoms. The third-order valence-corrected chi connectivity index (χ3v) is 2.73. The van der Waals surface area contributed by atoms with Gasteiger partial charge < -0.3 is 15.7 Å². The monoisotopic (exact) mass is 220 g/mol. The van der Waals surface area contributed by atoms with E-state index in [9.17, 15) is 4.79 Å². The molecule has 0 radical (unpaired) electrons. The van der Waals surface area contributed by atoms with Crippen molar-refractivity contribution in [2.45, 2.75) is 19.4 Å². The minimum atomic E-state index is -0.209. The van der Waals surface area contributed by atoms with E-state index in [-0.39, 0.29) is 18.6 Å². The fourth-order valence-electron chi connectivity index (χ4n) is 1.80. The number of fused-ring (bicyclic) bond motifs is 1. The zero-order valence-electron chi connectivity index (χ0n) is 9.29. The Morgan fingerprint density at radius 3 is 3.19 bits per heavy atom. The molecule has 3 N–H and O–H groups in total. The Labute approximate surface area is 94.7 Å². The van der Waals surface area contributed by atoms with Gasteiger partial charge in [0.25, 0.3) is 5.91 Å². The number of carbonyl (C=O) groups is 1. The van der Waals surface area contributed by atoms with Gasteiger partial charge in [0.15, 0.2) is 0 Å². The smallest absolute Gasteiger partial charge is 0.251 e. The third-order valence-electron chi connectivity index (χ3n) is 2.73. The zero-order valence-corrected chi connectivity index (χ0v) is 9.29. The summed E-state index contributed by atoms with van der Waals surface area (Å²) < 4.78 is 0. The third kappa shape index (κ3) is 2.17. The van der Waals surface area contributed by atoms with Crippen molar-refractivity contribution in [3.63, 3.8) is 0 Å². The molecule has 0 saturated heterocycles. The van der Waals surface area contributed by atoms with Crippen LogP contribution >= 0.6 is 0 Å². The van der Waals surface area contributed by atoms with Gasteiger partial charge in [-0.15, -0.1) is 0 Å². The summed E-state index contributed by atoms with van der Waals surface area (Å²) in [5, 5.41) is 14.8. The van der Waals surface area contributed by atoms with Gasteiger partial charge in [-0.05, 0) is 37.1 Å². The van der Waals surface area contributed by atoms with Gasteiger partial charge in [0.1, 0.15) is 0 Å². The van der Waals surface area contributed by atoms with Crippen LogP contribution in [0.5, 0.6) is 0 Å². The van der Waals surface area contributed by atoms with Crippen molar-refractivity contribution in [3.05, 3.63) is 29.3 Å². The van der Waals surface area contributed by atoms with E-state index in [2.05, 4.69) is 10.6 Å². The highest BCUT2D eigenvalue weighted by molar-refractivity contribution is 5.95. The van der Waals surface area contributed by atoms with E-state index >= 15 is 0 Å². The van der Waals surface area contributed by atoms with Crippen LogP contribution in [-0.4, -0.2) is 30.2 Å². The highest BCUT2D eigenvalue weighted by atomic mass is 16.3. The molecule has 1 atom stereocenters. The number of carbonyl (C=O) groups excluding carboxylic acids is 1. The molecule has 1 aromatic rings. The Morgan fingerprint density at radius 2 is 2.44 bits per heavy atom. The van der Waals surface area contributed by atoms with Crippen LogP contribution in [0.15, 0.2) is 18.2 Å². The molecule has 4 nitrogen and oxygen atoms in total. The summed E-state index contributed by atoms with van der Waals surface area (Å²) in [6.45, 7) is 2.67. The molecule has 4 heteroatoms. The molecule has 0 unspecified atom stereocenters. The standard InChI is InChI=1S/C12H16N2O2/c1-8(7-15)14-12(16)10-2-3-11-9(6-10)4-5-13-11/h2-3,6,8,13,15H,4-5,7H2,1H3,(H,14,16)/t8-/m1/s1. The Kier molecular flexibility index (Phi) is 3.10. The highest BCUT2D eigenvalue weighted by Gasteiger charge is 2.14. The predicted molar refractivity (Wildman–Crippen MR) is 62.6 cm³/mol. The molecule has 1 aliphatic heterocycles. The largest absolute Gasteiger partial charge is 0.394 e. The predicted octanol–water partition coefficient (Wildman–Crippen LogP) is 0.765. The first kappa shape index (κ1) is 11.0. The lowest BCUT2D eigenvalue weighted by atomic mass is 10.1. The van der Waals surface area contributed by atoms with Gasteiger partial charge in [-0.3, -0.25) is 4.79 Å². The molecule has 2 rings (SSSR count). The van der Waals surface area contributed by atoms with Crippen molar-refractivity contribution in [3.8, 4) is 0 Å². The van der Waals surface area contributed by atoms with E-state index < -0.39 is 0 Å². The van der Waals surface area contributed by atoms with Crippen LogP contribution in [0.2, 0.25) is 0 Å². The van der Waals surface area contributed by atoms with Crippen LogP contribution in [0.4, 0.5) is 5.69 Å². The minimum Gasteiger partial charge on any atom is -0.394 e. The Morgan fingerprint density at radius 1 is 1.62 bits per heavy atom. The molecule has 16 heavy (non-hydrogen) atoms. The number of benzene rings is 1. The van der Waals surface area contributed by atoms with Gasteiger partial charge >= 0.3 is 0 Å². The van der Waals surface area contributed by atoms with Crippen molar-refractivity contribution in [2.24, 2.45) is 0 Å². The van der Waals surface area contributed by atoms with Crippen molar-refractivity contribution >= 4 is 11.6 Å². The highest BCUT2D eigenvalue weighted by Crippen LogP contribution is 2.22. The van der Waals surface area contributed by atoms with Gasteiger partial charge in [0, 0.05) is 23.8 Å². The number of rotatable bonds is 3. The number of nitrogens with one attached hydrogen (secondary N) is 2. The van der Waals surface area contributed by atoms with Gasteiger partial charge in [0.05, 0.1) is 6.61 Å². The maximum absolute atomic E-state index is 11.8. The van der Waals surface area contributed by atoms with Gasteiger partial charge in [-0.25, -0.2) is 0 Å². The van der Waals surface area contributed by atoms with Crippen molar-refractivity contribution in [2.75, 3.05) is 18.5 Å². The van der Waals surface area contributed by atoms with Gasteiger partial charge in [0.2, 0.25) is 0 Å². The van der Waals surface area contributed by atoms with E-state index in [0.717, 1.165) is 18.7 Å². The fraction of sp³-hybridized carbons (Fsp3) is 0.417. The normalized spacial score (nSPS) is 15.1. The number of anilines is 1. The molecule has 0 aromatic heterocycles. The first-order valence-electron chi connectivity index (χ1n) is 5.49. The molecular formula is C12H16N2O2. The van der Waals surface area contributed by atoms with Crippen LogP contribution in [-0.2, 0) is 6.42 Å². The number of aliphatic hydroxyl groups is 1. The van der Waals surface area contributed by atoms with Crippen molar-refractivity contribution in [1.29, 1.82) is 0 Å². The van der Waals surface area contributed by atoms with E-state index in [1.807, 2.05) is 12.1 Å². The lowest BCUT2D eigenvalue weighted by molar-refractivity contribution is 0.0922. The number of aliphatic hydroxyl groups excluding tert-OH is 1. The van der Waals surface area contributed by atoms with Gasteiger partial charge in [-0.1, -0.05) is 0 Å². The topological polar surface area (TPSA) is 61.4 Å². The summed E-state index contributed by atoms with van der Waals surface area (Å²) in [5.74, 6) is -0.128. The van der Waals surface area contributed by atoms with Crippen LogP contribution in [0.1, 0.15) is 22.8 Å². The first-order chi connectivity index (χ1) is 7.70. The SMILES string of the molecule is C[C@H](CO)NC(=O)c1ccc2c(c1)CCN2. The average molecular weight is 220 g/mol. The lowest BCUT2D eigenvalue weighted by Crippen LogP contribution is -2.34. The Hall–Kier alpha value is -1.55. The maximum Gasteiger partial charge on any atom is 0.251 e. The second-order valence-corrected chi connectivity index (χ2v) is 4.11. The van der Waals surface area contributed by atoms with E-state index in [4.69, 9.17) is 5.11 Å².